The third-order valence-electron chi connectivity index (χ3n) is 2.53. The van der Waals surface area contributed by atoms with Crippen LogP contribution in [-0.4, -0.2) is 5.78 Å². The first kappa shape index (κ1) is 12.8. The van der Waals surface area contributed by atoms with Crippen LogP contribution in [0.3, 0.4) is 0 Å². The van der Waals surface area contributed by atoms with Crippen molar-refractivity contribution in [2.24, 2.45) is 0 Å². The predicted molar refractivity (Wildman–Crippen MR) is 76.2 cm³/mol. The lowest BCUT2D eigenvalue weighted by Gasteiger charge is -2.02. The molecular formula is C13H10BrClOS. The normalized spacial score (nSPS) is 10.5. The van der Waals surface area contributed by atoms with Crippen LogP contribution in [0.15, 0.2) is 34.8 Å². The van der Waals surface area contributed by atoms with Gasteiger partial charge >= 0.3 is 0 Å². The molecule has 0 radical (unpaired) electrons. The van der Waals surface area contributed by atoms with E-state index in [4.69, 9.17) is 11.6 Å². The zero-order chi connectivity index (χ0) is 12.4. The molecule has 88 valence electrons. The summed E-state index contributed by atoms with van der Waals surface area (Å²) in [5.74, 6) is 0.108. The molecule has 0 amide bonds. The van der Waals surface area contributed by atoms with Crippen molar-refractivity contribution < 1.29 is 4.79 Å². The van der Waals surface area contributed by atoms with Crippen molar-refractivity contribution in [3.05, 3.63) is 55.1 Å². The molecular weight excluding hydrogens is 320 g/mol. The molecule has 0 unspecified atom stereocenters. The minimum absolute atomic E-state index is 0.108. The lowest BCUT2D eigenvalue weighted by Crippen LogP contribution is -2.02. The first-order valence-electron chi connectivity index (χ1n) is 5.10. The highest BCUT2D eigenvalue weighted by atomic mass is 79.9. The number of carbonyl (C=O) groups excluding carboxylic acids is 1. The van der Waals surface area contributed by atoms with Gasteiger partial charge in [-0.15, -0.1) is 11.3 Å². The third kappa shape index (κ3) is 2.97. The maximum absolute atomic E-state index is 12.1. The van der Waals surface area contributed by atoms with Crippen LogP contribution in [0.5, 0.6) is 0 Å². The number of Topliss-reactive ketones (excluding diaryl/α,β-unsaturated/α-hetero) is 1. The number of carbonyl (C=O) groups is 1. The fourth-order valence-corrected chi connectivity index (χ4v) is 3.19. The van der Waals surface area contributed by atoms with E-state index in [0.29, 0.717) is 15.6 Å². The van der Waals surface area contributed by atoms with E-state index in [-0.39, 0.29) is 5.78 Å². The molecule has 0 bridgehead atoms. The summed E-state index contributed by atoms with van der Waals surface area (Å²) in [5.41, 5.74) is 2.21. The van der Waals surface area contributed by atoms with Crippen molar-refractivity contribution in [2.75, 3.05) is 0 Å². The van der Waals surface area contributed by atoms with Crippen molar-refractivity contribution in [1.82, 2.24) is 0 Å². The largest absolute Gasteiger partial charge is 0.293 e. The van der Waals surface area contributed by atoms with Gasteiger partial charge in [0, 0.05) is 10.9 Å². The molecule has 2 rings (SSSR count). The molecule has 1 aromatic heterocycles. The average molecular weight is 330 g/mol. The highest BCUT2D eigenvalue weighted by molar-refractivity contribution is 9.10. The molecule has 17 heavy (non-hydrogen) atoms. The fourth-order valence-electron chi connectivity index (χ4n) is 1.55. The Morgan fingerprint density at radius 2 is 2.12 bits per heavy atom. The number of halogens is 2. The van der Waals surface area contributed by atoms with E-state index in [1.54, 1.807) is 6.07 Å². The SMILES string of the molecule is Cc1ccccc1CC(=O)c1cc(Br)c(Cl)s1. The Labute approximate surface area is 118 Å². The number of benzene rings is 1. The fraction of sp³-hybridized carbons (Fsp3) is 0.154. The van der Waals surface area contributed by atoms with Gasteiger partial charge in [0.2, 0.25) is 0 Å². The molecule has 0 saturated heterocycles. The summed E-state index contributed by atoms with van der Waals surface area (Å²) < 4.78 is 1.41. The summed E-state index contributed by atoms with van der Waals surface area (Å²) in [4.78, 5) is 12.8. The van der Waals surface area contributed by atoms with Gasteiger partial charge in [-0.2, -0.15) is 0 Å². The lowest BCUT2D eigenvalue weighted by molar-refractivity contribution is 0.0996. The second-order valence-electron chi connectivity index (χ2n) is 3.76. The van der Waals surface area contributed by atoms with E-state index in [1.165, 1.54) is 11.3 Å². The quantitative estimate of drug-likeness (QED) is 0.732. The van der Waals surface area contributed by atoms with Crippen LogP contribution in [0.4, 0.5) is 0 Å². The summed E-state index contributed by atoms with van der Waals surface area (Å²) in [5, 5.41) is 0. The topological polar surface area (TPSA) is 17.1 Å². The van der Waals surface area contributed by atoms with Crippen LogP contribution in [0.1, 0.15) is 20.8 Å². The van der Waals surface area contributed by atoms with Crippen molar-refractivity contribution in [2.45, 2.75) is 13.3 Å². The Morgan fingerprint density at radius 3 is 2.71 bits per heavy atom. The summed E-state index contributed by atoms with van der Waals surface area (Å²) in [6.07, 6.45) is 0.427. The molecule has 0 N–H and O–H groups in total. The highest BCUT2D eigenvalue weighted by Gasteiger charge is 2.13. The van der Waals surface area contributed by atoms with Gasteiger partial charge in [-0.05, 0) is 40.0 Å². The molecule has 1 aromatic carbocycles. The van der Waals surface area contributed by atoms with Gasteiger partial charge in [0.1, 0.15) is 4.34 Å². The Bertz CT molecular complexity index is 543. The van der Waals surface area contributed by atoms with E-state index < -0.39 is 0 Å². The minimum Gasteiger partial charge on any atom is -0.293 e. The monoisotopic (exact) mass is 328 g/mol. The summed E-state index contributed by atoms with van der Waals surface area (Å²) >= 11 is 10.6. The minimum atomic E-state index is 0.108. The summed E-state index contributed by atoms with van der Waals surface area (Å²) in [7, 11) is 0. The number of hydrogen-bond donors (Lipinski definition) is 0. The Morgan fingerprint density at radius 1 is 1.41 bits per heavy atom. The van der Waals surface area contributed by atoms with E-state index >= 15 is 0 Å². The van der Waals surface area contributed by atoms with E-state index in [0.717, 1.165) is 15.6 Å². The maximum atomic E-state index is 12.1. The Balaban J connectivity index is 2.20. The molecule has 0 aliphatic carbocycles. The zero-order valence-electron chi connectivity index (χ0n) is 9.17. The van der Waals surface area contributed by atoms with Crippen molar-refractivity contribution in [1.29, 1.82) is 0 Å². The second kappa shape index (κ2) is 5.34. The van der Waals surface area contributed by atoms with Gasteiger partial charge < -0.3 is 0 Å². The van der Waals surface area contributed by atoms with Gasteiger partial charge in [-0.1, -0.05) is 35.9 Å². The summed E-state index contributed by atoms with van der Waals surface area (Å²) in [6.45, 7) is 2.01. The summed E-state index contributed by atoms with van der Waals surface area (Å²) in [6, 6.07) is 9.71. The van der Waals surface area contributed by atoms with Gasteiger partial charge in [0.15, 0.2) is 5.78 Å². The smallest absolute Gasteiger partial charge is 0.177 e. The van der Waals surface area contributed by atoms with Crippen LogP contribution >= 0.6 is 38.9 Å². The van der Waals surface area contributed by atoms with Gasteiger partial charge in [-0.3, -0.25) is 4.79 Å². The van der Waals surface area contributed by atoms with Crippen LogP contribution in [-0.2, 0) is 6.42 Å². The molecule has 0 saturated carbocycles. The van der Waals surface area contributed by atoms with E-state index in [9.17, 15) is 4.79 Å². The van der Waals surface area contributed by atoms with Crippen LogP contribution in [0.2, 0.25) is 4.34 Å². The first-order valence-corrected chi connectivity index (χ1v) is 7.09. The third-order valence-corrected chi connectivity index (χ3v) is 5.05. The van der Waals surface area contributed by atoms with Gasteiger partial charge in [0.05, 0.1) is 4.88 Å². The van der Waals surface area contributed by atoms with E-state index in [2.05, 4.69) is 15.9 Å². The van der Waals surface area contributed by atoms with Gasteiger partial charge in [-0.25, -0.2) is 0 Å². The molecule has 4 heteroatoms. The molecule has 0 aliphatic heterocycles. The molecule has 1 nitrogen and oxygen atoms in total. The Kier molecular flexibility index (Phi) is 4.02. The first-order chi connectivity index (χ1) is 8.08. The number of thiophene rings is 1. The average Bonchev–Trinajstić information content (AvgIpc) is 2.63. The zero-order valence-corrected chi connectivity index (χ0v) is 12.3. The number of rotatable bonds is 3. The lowest BCUT2D eigenvalue weighted by atomic mass is 10.0. The number of ketones is 1. The van der Waals surface area contributed by atoms with Crippen LogP contribution in [0, 0.1) is 6.92 Å². The number of aryl methyl sites for hydroxylation is 1. The molecule has 2 aromatic rings. The number of hydrogen-bond acceptors (Lipinski definition) is 2. The second-order valence-corrected chi connectivity index (χ2v) is 6.27. The standard InChI is InChI=1S/C13H10BrClOS/c1-8-4-2-3-5-9(8)6-11(16)12-7-10(14)13(15)17-12/h2-5,7H,6H2,1H3. The van der Waals surface area contributed by atoms with E-state index in [1.807, 2.05) is 31.2 Å². The highest BCUT2D eigenvalue weighted by Crippen LogP contribution is 2.32. The van der Waals surface area contributed by atoms with Crippen molar-refractivity contribution in [3.63, 3.8) is 0 Å². The van der Waals surface area contributed by atoms with Crippen molar-refractivity contribution >= 4 is 44.7 Å². The predicted octanol–water partition coefficient (Wildman–Crippen LogP) is 4.90. The molecule has 0 spiro atoms. The molecule has 0 fully saturated rings. The molecule has 0 aliphatic rings. The molecule has 1 heterocycles. The Hall–Kier alpha value is -0.640. The van der Waals surface area contributed by atoms with Crippen LogP contribution in [0.25, 0.3) is 0 Å². The molecule has 0 atom stereocenters. The van der Waals surface area contributed by atoms with Gasteiger partial charge in [0.25, 0.3) is 0 Å². The van der Waals surface area contributed by atoms with Crippen LogP contribution < -0.4 is 0 Å². The maximum Gasteiger partial charge on any atom is 0.177 e. The van der Waals surface area contributed by atoms with Crippen molar-refractivity contribution in [3.8, 4) is 0 Å².